The topological polar surface area (TPSA) is 98.3 Å². The highest BCUT2D eigenvalue weighted by molar-refractivity contribution is 5.95. The second kappa shape index (κ2) is 8.69. The number of ether oxygens (including phenoxy) is 2. The van der Waals surface area contributed by atoms with Crippen LogP contribution < -0.4 is 15.2 Å². The van der Waals surface area contributed by atoms with Crippen LogP contribution in [0.15, 0.2) is 48.5 Å². The fourth-order valence-electron chi connectivity index (χ4n) is 2.70. The van der Waals surface area contributed by atoms with Gasteiger partial charge in [0.2, 0.25) is 0 Å². The van der Waals surface area contributed by atoms with Gasteiger partial charge in [-0.25, -0.2) is 8.78 Å². The Kier molecular flexibility index (Phi) is 6.06. The lowest BCUT2D eigenvalue weighted by Gasteiger charge is -2.13. The van der Waals surface area contributed by atoms with Crippen LogP contribution in [0.1, 0.15) is 23.6 Å². The molecule has 3 rings (SSSR count). The molecule has 0 spiro atoms. The number of benzene rings is 2. The highest BCUT2D eigenvalue weighted by Gasteiger charge is 2.21. The van der Waals surface area contributed by atoms with Crippen molar-refractivity contribution in [1.82, 2.24) is 4.98 Å². The zero-order valence-electron chi connectivity index (χ0n) is 16.3. The molecule has 1 heterocycles. The molecule has 0 radical (unpaired) electrons. The van der Waals surface area contributed by atoms with Crippen LogP contribution in [-0.2, 0) is 11.2 Å². The Morgan fingerprint density at radius 2 is 1.60 bits per heavy atom. The Bertz CT molecular complexity index is 1130. The van der Waals surface area contributed by atoms with E-state index in [-0.39, 0.29) is 35.1 Å². The van der Waals surface area contributed by atoms with Crippen LogP contribution in [0.5, 0.6) is 23.3 Å². The van der Waals surface area contributed by atoms with E-state index in [1.807, 2.05) is 0 Å². The Morgan fingerprint density at radius 1 is 1.03 bits per heavy atom. The smallest absolute Gasteiger partial charge is 0.259 e. The largest absolute Gasteiger partial charge is 0.436 e. The number of nitrogen functional groups attached to an aromatic ring is 1. The summed E-state index contributed by atoms with van der Waals surface area (Å²) in [7, 11) is 0. The lowest BCUT2D eigenvalue weighted by molar-refractivity contribution is -0.116. The van der Waals surface area contributed by atoms with Crippen LogP contribution >= 0.6 is 0 Å². The Labute approximate surface area is 171 Å². The van der Waals surface area contributed by atoms with Crippen LogP contribution in [0, 0.1) is 24.0 Å². The molecule has 2 aromatic carbocycles. The van der Waals surface area contributed by atoms with Gasteiger partial charge < -0.3 is 15.2 Å². The van der Waals surface area contributed by atoms with Gasteiger partial charge in [-0.3, -0.25) is 10.2 Å². The van der Waals surface area contributed by atoms with Gasteiger partial charge in [0.05, 0.1) is 0 Å². The maximum Gasteiger partial charge on any atom is 0.259 e. The van der Waals surface area contributed by atoms with E-state index in [1.165, 1.54) is 26.0 Å². The number of carbonyl (C=O) groups is 1. The van der Waals surface area contributed by atoms with Crippen molar-refractivity contribution in [3.63, 3.8) is 0 Å². The predicted octanol–water partition coefficient (Wildman–Crippen LogP) is 4.67. The number of amidine groups is 1. The highest BCUT2D eigenvalue weighted by atomic mass is 19.1. The number of halogens is 2. The van der Waals surface area contributed by atoms with Gasteiger partial charge in [-0.15, -0.1) is 0 Å². The summed E-state index contributed by atoms with van der Waals surface area (Å²) in [5.74, 6) is -2.68. The molecule has 8 heteroatoms. The first-order chi connectivity index (χ1) is 14.2. The molecule has 0 amide bonds. The minimum Gasteiger partial charge on any atom is -0.436 e. The number of carbonyl (C=O) groups excluding carboxylic acids is 1. The van der Waals surface area contributed by atoms with Crippen molar-refractivity contribution in [2.45, 2.75) is 20.3 Å². The van der Waals surface area contributed by atoms with Crippen LogP contribution in [-0.4, -0.2) is 16.6 Å². The maximum absolute atomic E-state index is 14.6. The molecule has 3 N–H and O–H groups in total. The molecule has 0 aliphatic heterocycles. The molecule has 0 saturated heterocycles. The molecule has 0 saturated carbocycles. The van der Waals surface area contributed by atoms with E-state index in [0.29, 0.717) is 11.1 Å². The van der Waals surface area contributed by atoms with Crippen LogP contribution in [0.25, 0.3) is 0 Å². The molecule has 1 aromatic heterocycles. The molecule has 0 bridgehead atoms. The minimum atomic E-state index is -0.974. The lowest BCUT2D eigenvalue weighted by atomic mass is 10.1. The number of nitrogens with two attached hydrogens (primary N) is 1. The van der Waals surface area contributed by atoms with E-state index in [1.54, 1.807) is 36.4 Å². The maximum atomic E-state index is 14.6. The predicted molar refractivity (Wildman–Crippen MR) is 107 cm³/mol. The van der Waals surface area contributed by atoms with Crippen LogP contribution in [0.3, 0.4) is 0 Å². The minimum absolute atomic E-state index is 0.0300. The van der Waals surface area contributed by atoms with Crippen LogP contribution in [0.2, 0.25) is 0 Å². The SMILES string of the molecule is CC(=O)Cc1cccc(Oc2nc(Oc3cccc(C(=N)N)c3)c(F)c(C)c2F)c1. The summed E-state index contributed by atoms with van der Waals surface area (Å²) in [4.78, 5) is 15.2. The first kappa shape index (κ1) is 20.9. The third kappa shape index (κ3) is 4.78. The number of Topliss-reactive ketones (excluding diaryl/α,β-unsaturated/α-hetero) is 1. The summed E-state index contributed by atoms with van der Waals surface area (Å²) >= 11 is 0. The number of hydrogen-bond acceptors (Lipinski definition) is 5. The summed E-state index contributed by atoms with van der Waals surface area (Å²) in [6.45, 7) is 2.70. The third-order valence-corrected chi connectivity index (χ3v) is 4.16. The number of nitrogens with one attached hydrogen (secondary N) is 1. The van der Waals surface area contributed by atoms with E-state index in [2.05, 4.69) is 4.98 Å². The van der Waals surface area contributed by atoms with Gasteiger partial charge in [-0.05, 0) is 43.7 Å². The van der Waals surface area contributed by atoms with Gasteiger partial charge >= 0.3 is 0 Å². The van der Waals surface area contributed by atoms with Crippen molar-refractivity contribution < 1.29 is 23.0 Å². The number of rotatable bonds is 7. The molecule has 0 fully saturated rings. The number of pyridine rings is 1. The van der Waals surface area contributed by atoms with Crippen molar-refractivity contribution in [2.24, 2.45) is 5.73 Å². The normalized spacial score (nSPS) is 10.5. The first-order valence-electron chi connectivity index (χ1n) is 8.98. The fraction of sp³-hybridized carbons (Fsp3) is 0.136. The van der Waals surface area contributed by atoms with E-state index in [4.69, 9.17) is 20.6 Å². The summed E-state index contributed by atoms with van der Waals surface area (Å²) < 4.78 is 40.1. The van der Waals surface area contributed by atoms with Crippen molar-refractivity contribution in [1.29, 1.82) is 5.41 Å². The molecule has 0 atom stereocenters. The lowest BCUT2D eigenvalue weighted by Crippen LogP contribution is -2.10. The number of hydrogen-bond donors (Lipinski definition) is 2. The molecule has 6 nitrogen and oxygen atoms in total. The molecule has 0 aliphatic carbocycles. The van der Waals surface area contributed by atoms with E-state index >= 15 is 0 Å². The summed E-state index contributed by atoms with van der Waals surface area (Å²) in [5, 5.41) is 7.48. The molecule has 0 unspecified atom stereocenters. The summed E-state index contributed by atoms with van der Waals surface area (Å²) in [6, 6.07) is 12.7. The average molecular weight is 411 g/mol. The molecular formula is C22H19F2N3O3. The average Bonchev–Trinajstić information content (AvgIpc) is 2.70. The third-order valence-electron chi connectivity index (χ3n) is 4.16. The molecule has 3 aromatic rings. The van der Waals surface area contributed by atoms with E-state index in [9.17, 15) is 13.6 Å². The quantitative estimate of drug-likeness (QED) is 0.435. The second-order valence-corrected chi connectivity index (χ2v) is 6.65. The molecule has 154 valence electrons. The van der Waals surface area contributed by atoms with E-state index < -0.39 is 23.4 Å². The van der Waals surface area contributed by atoms with Gasteiger partial charge in [0.1, 0.15) is 23.1 Å². The fourth-order valence-corrected chi connectivity index (χ4v) is 2.70. The molecule has 0 aliphatic rings. The number of nitrogens with zero attached hydrogens (tertiary/aromatic N) is 1. The van der Waals surface area contributed by atoms with Gasteiger partial charge in [-0.1, -0.05) is 24.3 Å². The van der Waals surface area contributed by atoms with Gasteiger partial charge in [0, 0.05) is 17.5 Å². The zero-order chi connectivity index (χ0) is 21.8. The van der Waals surface area contributed by atoms with Crippen molar-refractivity contribution >= 4 is 11.6 Å². The van der Waals surface area contributed by atoms with Crippen molar-refractivity contribution in [3.05, 3.63) is 76.9 Å². The van der Waals surface area contributed by atoms with Crippen molar-refractivity contribution in [2.75, 3.05) is 0 Å². The number of ketones is 1. The first-order valence-corrected chi connectivity index (χ1v) is 8.98. The summed E-state index contributed by atoms with van der Waals surface area (Å²) in [5.41, 5.74) is 6.20. The van der Waals surface area contributed by atoms with E-state index in [0.717, 1.165) is 0 Å². The van der Waals surface area contributed by atoms with Gasteiger partial charge in [-0.2, -0.15) is 4.98 Å². The number of aromatic nitrogens is 1. The van der Waals surface area contributed by atoms with Gasteiger partial charge in [0.25, 0.3) is 11.8 Å². The van der Waals surface area contributed by atoms with Crippen molar-refractivity contribution in [3.8, 4) is 23.3 Å². The zero-order valence-corrected chi connectivity index (χ0v) is 16.3. The standard InChI is InChI=1S/C22H19F2N3O3/c1-12(28)9-14-5-3-7-16(10-14)29-21-18(23)13(2)19(24)22(27-21)30-17-8-4-6-15(11-17)20(25)26/h3-8,10-11H,9H2,1-2H3,(H3,25,26). The Balaban J connectivity index is 1.93. The second-order valence-electron chi connectivity index (χ2n) is 6.65. The van der Waals surface area contributed by atoms with Crippen LogP contribution in [0.4, 0.5) is 8.78 Å². The molecular weight excluding hydrogens is 392 g/mol. The summed E-state index contributed by atoms with van der Waals surface area (Å²) in [6.07, 6.45) is 0.205. The highest BCUT2D eigenvalue weighted by Crippen LogP contribution is 2.33. The Hall–Kier alpha value is -3.81. The molecule has 30 heavy (non-hydrogen) atoms. The monoisotopic (exact) mass is 411 g/mol. The Morgan fingerprint density at radius 3 is 2.17 bits per heavy atom. The van der Waals surface area contributed by atoms with Gasteiger partial charge in [0.15, 0.2) is 11.6 Å².